The Morgan fingerprint density at radius 2 is 2.20 bits per heavy atom. The van der Waals surface area contributed by atoms with Gasteiger partial charge in [-0.1, -0.05) is 6.92 Å². The largest absolute Gasteiger partial charge is 0.469 e. The van der Waals surface area contributed by atoms with Crippen LogP contribution in [-0.2, 0) is 9.53 Å². The van der Waals surface area contributed by atoms with Gasteiger partial charge in [0.25, 0.3) is 0 Å². The molecule has 1 aromatic rings. The molecule has 0 saturated carbocycles. The average molecular weight is 390 g/mol. The molecule has 1 aromatic heterocycles. The zero-order valence-corrected chi connectivity index (χ0v) is 13.9. The lowest BCUT2D eigenvalue weighted by molar-refractivity contribution is -0.140. The Balaban J connectivity index is 2.27. The van der Waals surface area contributed by atoms with Crippen LogP contribution in [0.4, 0.5) is 5.82 Å². The van der Waals surface area contributed by atoms with Crippen LogP contribution in [0, 0.1) is 3.70 Å². The van der Waals surface area contributed by atoms with Gasteiger partial charge in [-0.05, 0) is 28.5 Å². The molecule has 1 atom stereocenters. The zero-order chi connectivity index (χ0) is 14.5. The van der Waals surface area contributed by atoms with Crippen molar-refractivity contribution in [2.45, 2.75) is 19.3 Å². The van der Waals surface area contributed by atoms with E-state index in [1.807, 2.05) is 6.92 Å². The van der Waals surface area contributed by atoms with Crippen molar-refractivity contribution in [1.82, 2.24) is 15.3 Å². The normalized spacial score (nSPS) is 16.9. The summed E-state index contributed by atoms with van der Waals surface area (Å²) in [7, 11) is 1.42. The maximum atomic E-state index is 11.5. The molecule has 0 bridgehead atoms. The molecule has 1 N–H and O–H groups in total. The number of methoxy groups -OCH3 is 1. The molecule has 20 heavy (non-hydrogen) atoms. The van der Waals surface area contributed by atoms with Crippen molar-refractivity contribution in [3.05, 3.63) is 15.6 Å². The topological polar surface area (TPSA) is 67.3 Å². The van der Waals surface area contributed by atoms with Gasteiger partial charge in [-0.15, -0.1) is 0 Å². The van der Waals surface area contributed by atoms with Crippen LogP contribution in [0.5, 0.6) is 0 Å². The van der Waals surface area contributed by atoms with E-state index in [1.54, 1.807) is 6.33 Å². The number of nitrogens with one attached hydrogen (secondary N) is 1. The highest BCUT2D eigenvalue weighted by molar-refractivity contribution is 14.1. The maximum absolute atomic E-state index is 11.5. The van der Waals surface area contributed by atoms with Crippen molar-refractivity contribution in [1.29, 1.82) is 0 Å². The van der Waals surface area contributed by atoms with E-state index in [0.717, 1.165) is 41.3 Å². The van der Waals surface area contributed by atoms with Crippen molar-refractivity contribution < 1.29 is 9.53 Å². The third kappa shape index (κ3) is 3.57. The van der Waals surface area contributed by atoms with E-state index >= 15 is 0 Å². The summed E-state index contributed by atoms with van der Waals surface area (Å²) < 4.78 is 5.67. The molecule has 0 aliphatic carbocycles. The number of carbonyl (C=O) groups is 1. The molecular formula is C13H19IN4O2. The van der Waals surface area contributed by atoms with Gasteiger partial charge in [-0.25, -0.2) is 9.97 Å². The number of rotatable bonds is 4. The molecule has 0 amide bonds. The van der Waals surface area contributed by atoms with E-state index in [4.69, 9.17) is 4.74 Å². The lowest BCUT2D eigenvalue weighted by atomic mass is 9.99. The minimum absolute atomic E-state index is 0.0421. The summed E-state index contributed by atoms with van der Waals surface area (Å²) in [5.74, 6) is 0.783. The first-order chi connectivity index (χ1) is 9.63. The number of nitrogens with zero attached hydrogens (tertiary/aromatic N) is 3. The fraction of sp³-hybridized carbons (Fsp3) is 0.615. The van der Waals surface area contributed by atoms with E-state index in [-0.39, 0.29) is 11.9 Å². The molecule has 110 valence electrons. The van der Waals surface area contributed by atoms with Crippen LogP contribution in [0.3, 0.4) is 0 Å². The molecule has 0 spiro atoms. The van der Waals surface area contributed by atoms with Crippen molar-refractivity contribution in [3.63, 3.8) is 0 Å². The molecule has 0 unspecified atom stereocenters. The van der Waals surface area contributed by atoms with Gasteiger partial charge in [-0.3, -0.25) is 4.79 Å². The monoisotopic (exact) mass is 390 g/mol. The summed E-state index contributed by atoms with van der Waals surface area (Å²) in [5, 5.41) is 3.33. The number of piperazine rings is 1. The van der Waals surface area contributed by atoms with Crippen molar-refractivity contribution in [2.24, 2.45) is 0 Å². The number of halogens is 1. The first-order valence-electron chi connectivity index (χ1n) is 6.66. The highest BCUT2D eigenvalue weighted by atomic mass is 127. The van der Waals surface area contributed by atoms with Gasteiger partial charge in [-0.2, -0.15) is 0 Å². The Kier molecular flexibility index (Phi) is 5.53. The summed E-state index contributed by atoms with van der Waals surface area (Å²) >= 11 is 2.21. The van der Waals surface area contributed by atoms with Gasteiger partial charge in [0.05, 0.1) is 13.5 Å². The molecule has 2 rings (SSSR count). The van der Waals surface area contributed by atoms with Crippen molar-refractivity contribution in [2.75, 3.05) is 38.2 Å². The summed E-state index contributed by atoms with van der Waals surface area (Å²) in [6, 6.07) is 0. The third-order valence-electron chi connectivity index (χ3n) is 3.42. The van der Waals surface area contributed by atoms with Crippen molar-refractivity contribution >= 4 is 34.4 Å². The number of hydrogen-bond acceptors (Lipinski definition) is 6. The third-order valence-corrected chi connectivity index (χ3v) is 4.28. The second kappa shape index (κ2) is 7.16. The average Bonchev–Trinajstić information content (AvgIpc) is 2.47. The van der Waals surface area contributed by atoms with Gasteiger partial charge in [0.15, 0.2) is 0 Å². The molecule has 2 heterocycles. The SMILES string of the molecule is COC(=O)C[C@@H](C)c1c(I)ncnc1N1CCNCC1. The molecule has 6 nitrogen and oxygen atoms in total. The van der Waals surface area contributed by atoms with Gasteiger partial charge < -0.3 is 15.0 Å². The first kappa shape index (κ1) is 15.4. The van der Waals surface area contributed by atoms with Crippen LogP contribution in [-0.4, -0.2) is 49.2 Å². The zero-order valence-electron chi connectivity index (χ0n) is 11.7. The van der Waals surface area contributed by atoms with Crippen LogP contribution >= 0.6 is 22.6 Å². The van der Waals surface area contributed by atoms with E-state index in [1.165, 1.54) is 7.11 Å². The van der Waals surface area contributed by atoms with Crippen LogP contribution in [0.25, 0.3) is 0 Å². The summed E-state index contributed by atoms with van der Waals surface area (Å²) in [6.45, 7) is 5.76. The number of anilines is 1. The molecule has 0 aromatic carbocycles. The van der Waals surface area contributed by atoms with Gasteiger partial charge in [0.1, 0.15) is 15.8 Å². The Hall–Kier alpha value is -0.960. The number of aromatic nitrogens is 2. The van der Waals surface area contributed by atoms with E-state index < -0.39 is 0 Å². The summed E-state index contributed by atoms with van der Waals surface area (Å²) in [6.07, 6.45) is 1.94. The number of hydrogen-bond donors (Lipinski definition) is 1. The molecule has 7 heteroatoms. The second-order valence-corrected chi connectivity index (χ2v) is 5.84. The van der Waals surface area contributed by atoms with Crippen molar-refractivity contribution in [3.8, 4) is 0 Å². The Bertz CT molecular complexity index is 477. The molecular weight excluding hydrogens is 371 g/mol. The fourth-order valence-corrected chi connectivity index (χ4v) is 3.25. The van der Waals surface area contributed by atoms with E-state index in [9.17, 15) is 4.79 Å². The fourth-order valence-electron chi connectivity index (χ4n) is 2.35. The number of carbonyl (C=O) groups excluding carboxylic acids is 1. The highest BCUT2D eigenvalue weighted by Crippen LogP contribution is 2.31. The smallest absolute Gasteiger partial charge is 0.306 e. The minimum atomic E-state index is -0.205. The standard InChI is InChI=1S/C13H19IN4O2/c1-9(7-10(19)20-2)11-12(14)16-8-17-13(11)18-5-3-15-4-6-18/h8-9,15H,3-7H2,1-2H3/t9-/m1/s1. The van der Waals surface area contributed by atoms with Crippen LogP contribution in [0.1, 0.15) is 24.8 Å². The van der Waals surface area contributed by atoms with Gasteiger partial charge in [0, 0.05) is 31.7 Å². The molecule has 1 fully saturated rings. The summed E-state index contributed by atoms with van der Waals surface area (Å²) in [4.78, 5) is 22.5. The minimum Gasteiger partial charge on any atom is -0.469 e. The highest BCUT2D eigenvalue weighted by Gasteiger charge is 2.23. The van der Waals surface area contributed by atoms with Gasteiger partial charge in [0.2, 0.25) is 0 Å². The maximum Gasteiger partial charge on any atom is 0.306 e. The summed E-state index contributed by atoms with van der Waals surface area (Å²) in [5.41, 5.74) is 1.04. The lowest BCUT2D eigenvalue weighted by Gasteiger charge is -2.31. The van der Waals surface area contributed by atoms with Crippen LogP contribution in [0.15, 0.2) is 6.33 Å². The second-order valence-electron chi connectivity index (χ2n) is 4.82. The Morgan fingerprint density at radius 1 is 1.50 bits per heavy atom. The lowest BCUT2D eigenvalue weighted by Crippen LogP contribution is -2.44. The Labute approximate surface area is 132 Å². The first-order valence-corrected chi connectivity index (χ1v) is 7.74. The molecule has 1 aliphatic rings. The Morgan fingerprint density at radius 3 is 2.85 bits per heavy atom. The quantitative estimate of drug-likeness (QED) is 0.473. The van der Waals surface area contributed by atoms with Crippen LogP contribution < -0.4 is 10.2 Å². The number of esters is 1. The molecule has 1 saturated heterocycles. The van der Waals surface area contributed by atoms with Crippen LogP contribution in [0.2, 0.25) is 0 Å². The van der Waals surface area contributed by atoms with Gasteiger partial charge >= 0.3 is 5.97 Å². The predicted molar refractivity (Wildman–Crippen MR) is 84.9 cm³/mol. The molecule has 0 radical (unpaired) electrons. The number of ether oxygens (including phenoxy) is 1. The molecule has 1 aliphatic heterocycles. The van der Waals surface area contributed by atoms with E-state index in [0.29, 0.717) is 6.42 Å². The predicted octanol–water partition coefficient (Wildman–Crippen LogP) is 1.16. The van der Waals surface area contributed by atoms with E-state index in [2.05, 4.69) is 42.8 Å².